The number of morpholine rings is 1. The van der Waals surface area contributed by atoms with Crippen LogP contribution in [0.3, 0.4) is 0 Å². The van der Waals surface area contributed by atoms with Crippen LogP contribution < -0.4 is 14.4 Å². The Balaban J connectivity index is 1.85. The first-order valence-electron chi connectivity index (χ1n) is 9.71. The summed E-state index contributed by atoms with van der Waals surface area (Å²) in [5.41, 5.74) is 0.453. The van der Waals surface area contributed by atoms with Gasteiger partial charge in [0.15, 0.2) is 0 Å². The van der Waals surface area contributed by atoms with Gasteiger partial charge in [-0.15, -0.1) is 0 Å². The number of rotatable bonds is 8. The molecule has 0 saturated carbocycles. The van der Waals surface area contributed by atoms with Crippen LogP contribution in [0.4, 0.5) is 11.4 Å². The number of nitrogens with one attached hydrogen (secondary N) is 1. The first kappa shape index (κ1) is 24.0. The fraction of sp³-hybridized carbons (Fsp3) is 0.350. The van der Waals surface area contributed by atoms with Crippen molar-refractivity contribution in [2.75, 3.05) is 55.8 Å². The molecular formula is C20H25N3O7S2. The van der Waals surface area contributed by atoms with Gasteiger partial charge in [0.05, 0.1) is 42.8 Å². The smallest absolute Gasteiger partial charge is 0.245 e. The van der Waals surface area contributed by atoms with Crippen LogP contribution in [0.1, 0.15) is 0 Å². The average Bonchev–Trinajstić information content (AvgIpc) is 2.78. The predicted molar refractivity (Wildman–Crippen MR) is 120 cm³/mol. The number of amides is 1. The summed E-state index contributed by atoms with van der Waals surface area (Å²) in [6.07, 6.45) is 1.00. The predicted octanol–water partition coefficient (Wildman–Crippen LogP) is 1.12. The minimum absolute atomic E-state index is 0.0153. The summed E-state index contributed by atoms with van der Waals surface area (Å²) in [7, 11) is -6.15. The van der Waals surface area contributed by atoms with Crippen molar-refractivity contribution in [1.82, 2.24) is 4.31 Å². The lowest BCUT2D eigenvalue weighted by molar-refractivity contribution is -0.114. The Bertz CT molecular complexity index is 1160. The molecule has 32 heavy (non-hydrogen) atoms. The molecule has 1 heterocycles. The van der Waals surface area contributed by atoms with E-state index in [-0.39, 0.29) is 29.4 Å². The molecule has 12 heteroatoms. The van der Waals surface area contributed by atoms with Gasteiger partial charge in [0.2, 0.25) is 26.0 Å². The Kier molecular flexibility index (Phi) is 7.39. The maximum absolute atomic E-state index is 12.9. The zero-order chi connectivity index (χ0) is 23.4. The monoisotopic (exact) mass is 483 g/mol. The molecule has 0 unspecified atom stereocenters. The highest BCUT2D eigenvalue weighted by molar-refractivity contribution is 7.92. The summed E-state index contributed by atoms with van der Waals surface area (Å²) in [5.74, 6) is -0.414. The number of para-hydroxylation sites is 1. The van der Waals surface area contributed by atoms with Crippen molar-refractivity contribution in [2.24, 2.45) is 0 Å². The van der Waals surface area contributed by atoms with Crippen LogP contribution in [0.5, 0.6) is 5.75 Å². The number of nitrogens with zero attached hydrogens (tertiary/aromatic N) is 2. The number of hydrogen-bond donors (Lipinski definition) is 1. The molecule has 1 saturated heterocycles. The van der Waals surface area contributed by atoms with E-state index in [0.717, 1.165) is 10.6 Å². The number of sulfonamides is 2. The Hall–Kier alpha value is -2.67. The molecule has 2 aromatic carbocycles. The summed E-state index contributed by atoms with van der Waals surface area (Å²) >= 11 is 0. The topological polar surface area (TPSA) is 122 Å². The van der Waals surface area contributed by atoms with Crippen molar-refractivity contribution >= 4 is 37.3 Å². The van der Waals surface area contributed by atoms with Gasteiger partial charge in [-0.05, 0) is 30.3 Å². The van der Waals surface area contributed by atoms with Crippen molar-refractivity contribution < 1.29 is 31.1 Å². The minimum atomic E-state index is -3.79. The second kappa shape index (κ2) is 9.86. The lowest BCUT2D eigenvalue weighted by atomic mass is 10.3. The molecule has 0 aliphatic carbocycles. The average molecular weight is 484 g/mol. The van der Waals surface area contributed by atoms with E-state index in [4.69, 9.17) is 9.47 Å². The maximum atomic E-state index is 12.9. The minimum Gasteiger partial charge on any atom is -0.495 e. The van der Waals surface area contributed by atoms with Crippen molar-refractivity contribution in [3.05, 3.63) is 48.5 Å². The molecule has 0 spiro atoms. The van der Waals surface area contributed by atoms with Crippen molar-refractivity contribution in [3.8, 4) is 5.75 Å². The van der Waals surface area contributed by atoms with Crippen LogP contribution in [0.15, 0.2) is 53.4 Å². The Morgan fingerprint density at radius 1 is 1.09 bits per heavy atom. The van der Waals surface area contributed by atoms with E-state index in [9.17, 15) is 21.6 Å². The highest BCUT2D eigenvalue weighted by atomic mass is 32.2. The van der Waals surface area contributed by atoms with Gasteiger partial charge in [0.25, 0.3) is 0 Å². The first-order chi connectivity index (χ1) is 15.1. The standard InChI is InChI=1S/C20H25N3O7S2/c1-29-19-9-8-17(32(27,28)22-10-12-30-13-11-22)14-18(19)21-20(24)15-23(31(2,25)26)16-6-4-3-5-7-16/h3-9,14H,10-13,15H2,1-2H3,(H,21,24). The molecule has 2 aromatic rings. The fourth-order valence-electron chi connectivity index (χ4n) is 3.20. The van der Waals surface area contributed by atoms with E-state index in [1.807, 2.05) is 0 Å². The van der Waals surface area contributed by atoms with Gasteiger partial charge in [-0.2, -0.15) is 4.31 Å². The summed E-state index contributed by atoms with van der Waals surface area (Å²) in [4.78, 5) is 12.7. The van der Waals surface area contributed by atoms with Gasteiger partial charge in [0, 0.05) is 13.1 Å². The Labute approximate surface area is 187 Å². The van der Waals surface area contributed by atoms with Crippen LogP contribution in [0, 0.1) is 0 Å². The van der Waals surface area contributed by atoms with E-state index in [1.54, 1.807) is 30.3 Å². The molecule has 0 bridgehead atoms. The van der Waals surface area contributed by atoms with Crippen LogP contribution in [-0.4, -0.2) is 73.3 Å². The van der Waals surface area contributed by atoms with E-state index >= 15 is 0 Å². The number of methoxy groups -OCH3 is 1. The lowest BCUT2D eigenvalue weighted by Crippen LogP contribution is -2.40. The largest absolute Gasteiger partial charge is 0.495 e. The van der Waals surface area contributed by atoms with Crippen molar-refractivity contribution in [2.45, 2.75) is 4.90 Å². The van der Waals surface area contributed by atoms with Crippen LogP contribution in [-0.2, 0) is 29.6 Å². The third kappa shape index (κ3) is 5.57. The molecule has 0 radical (unpaired) electrons. The highest BCUT2D eigenvalue weighted by Crippen LogP contribution is 2.29. The second-order valence-corrected chi connectivity index (χ2v) is 10.9. The molecule has 1 fully saturated rings. The summed E-state index contributed by atoms with van der Waals surface area (Å²) < 4.78 is 63.1. The third-order valence-electron chi connectivity index (χ3n) is 4.78. The number of anilines is 2. The Morgan fingerprint density at radius 3 is 2.34 bits per heavy atom. The molecule has 1 aliphatic rings. The van der Waals surface area contributed by atoms with Crippen LogP contribution in [0.2, 0.25) is 0 Å². The maximum Gasteiger partial charge on any atom is 0.245 e. The van der Waals surface area contributed by atoms with E-state index in [0.29, 0.717) is 18.9 Å². The first-order valence-corrected chi connectivity index (χ1v) is 13.0. The molecule has 1 aliphatic heterocycles. The van der Waals surface area contributed by atoms with Crippen LogP contribution in [0.25, 0.3) is 0 Å². The van der Waals surface area contributed by atoms with Gasteiger partial charge in [0.1, 0.15) is 12.3 Å². The van der Waals surface area contributed by atoms with E-state index < -0.39 is 32.5 Å². The summed E-state index contributed by atoms with van der Waals surface area (Å²) in [6.45, 7) is 0.582. The third-order valence-corrected chi connectivity index (χ3v) is 7.82. The van der Waals surface area contributed by atoms with Gasteiger partial charge in [-0.1, -0.05) is 18.2 Å². The van der Waals surface area contributed by atoms with Gasteiger partial charge < -0.3 is 14.8 Å². The van der Waals surface area contributed by atoms with E-state index in [2.05, 4.69) is 5.32 Å². The molecule has 1 N–H and O–H groups in total. The summed E-state index contributed by atoms with van der Waals surface area (Å²) in [5, 5.41) is 2.57. The molecule has 10 nitrogen and oxygen atoms in total. The quantitative estimate of drug-likeness (QED) is 0.597. The second-order valence-electron chi connectivity index (χ2n) is 7.03. The molecule has 1 amide bonds. The molecule has 174 valence electrons. The van der Waals surface area contributed by atoms with Crippen LogP contribution >= 0.6 is 0 Å². The zero-order valence-electron chi connectivity index (χ0n) is 17.7. The van der Waals surface area contributed by atoms with E-state index in [1.165, 1.54) is 29.6 Å². The number of ether oxygens (including phenoxy) is 2. The van der Waals surface area contributed by atoms with Gasteiger partial charge in [-0.25, -0.2) is 16.8 Å². The molecule has 0 atom stereocenters. The zero-order valence-corrected chi connectivity index (χ0v) is 19.4. The molecule has 3 rings (SSSR count). The molecule has 0 aromatic heterocycles. The summed E-state index contributed by atoms with van der Waals surface area (Å²) in [6, 6.07) is 12.3. The number of benzene rings is 2. The van der Waals surface area contributed by atoms with Crippen molar-refractivity contribution in [1.29, 1.82) is 0 Å². The fourth-order valence-corrected chi connectivity index (χ4v) is 5.49. The van der Waals surface area contributed by atoms with Crippen molar-refractivity contribution in [3.63, 3.8) is 0 Å². The highest BCUT2D eigenvalue weighted by Gasteiger charge is 2.28. The number of carbonyl (C=O) groups is 1. The molecular weight excluding hydrogens is 458 g/mol. The van der Waals surface area contributed by atoms with Gasteiger partial charge in [-0.3, -0.25) is 9.10 Å². The number of hydrogen-bond acceptors (Lipinski definition) is 7. The Morgan fingerprint density at radius 2 is 1.75 bits per heavy atom. The normalized spacial score (nSPS) is 15.2. The van der Waals surface area contributed by atoms with Gasteiger partial charge >= 0.3 is 0 Å². The number of carbonyl (C=O) groups excluding carboxylic acids is 1. The SMILES string of the molecule is COc1ccc(S(=O)(=O)N2CCOCC2)cc1NC(=O)CN(c1ccccc1)S(C)(=O)=O. The lowest BCUT2D eigenvalue weighted by Gasteiger charge is -2.26.